The van der Waals surface area contributed by atoms with Gasteiger partial charge in [0.2, 0.25) is 0 Å². The second-order valence-corrected chi connectivity index (χ2v) is 4.32. The van der Waals surface area contributed by atoms with E-state index in [0.717, 1.165) is 19.6 Å². The summed E-state index contributed by atoms with van der Waals surface area (Å²) in [4.78, 5) is 13.5. The molecule has 0 bridgehead atoms. The number of carbonyl (C=O) groups excluding carboxylic acids is 1. The van der Waals surface area contributed by atoms with Crippen LogP contribution in [-0.2, 0) is 9.53 Å². The highest BCUT2D eigenvalue weighted by Crippen LogP contribution is 2.14. The van der Waals surface area contributed by atoms with E-state index in [1.165, 1.54) is 0 Å². The Morgan fingerprint density at radius 2 is 2.29 bits per heavy atom. The zero-order chi connectivity index (χ0) is 10.6. The fraction of sp³-hybridized carbons (Fsp3) is 0.909. The van der Waals surface area contributed by atoms with Crippen LogP contribution >= 0.6 is 0 Å². The topological polar surface area (TPSA) is 29.5 Å². The molecule has 14 heavy (non-hydrogen) atoms. The lowest BCUT2D eigenvalue weighted by molar-refractivity contribution is -0.118. The zero-order valence-corrected chi connectivity index (χ0v) is 9.45. The third kappa shape index (κ3) is 3.39. The van der Waals surface area contributed by atoms with Gasteiger partial charge in [0.05, 0.1) is 6.61 Å². The lowest BCUT2D eigenvalue weighted by Crippen LogP contribution is -2.43. The van der Waals surface area contributed by atoms with Gasteiger partial charge in [-0.3, -0.25) is 9.69 Å². The molecule has 0 aromatic carbocycles. The number of ether oxygens (including phenoxy) is 1. The Kier molecular flexibility index (Phi) is 4.55. The van der Waals surface area contributed by atoms with Crippen molar-refractivity contribution in [3.05, 3.63) is 0 Å². The van der Waals surface area contributed by atoms with Gasteiger partial charge >= 0.3 is 0 Å². The van der Waals surface area contributed by atoms with Gasteiger partial charge in [-0.05, 0) is 27.2 Å². The molecule has 1 atom stereocenters. The summed E-state index contributed by atoms with van der Waals surface area (Å²) >= 11 is 0. The summed E-state index contributed by atoms with van der Waals surface area (Å²) in [5, 5.41) is 0. The van der Waals surface area contributed by atoms with Crippen LogP contribution in [-0.4, -0.2) is 42.5 Å². The second kappa shape index (κ2) is 5.47. The highest BCUT2D eigenvalue weighted by Gasteiger charge is 2.24. The highest BCUT2D eigenvalue weighted by molar-refractivity contribution is 5.76. The van der Waals surface area contributed by atoms with E-state index < -0.39 is 0 Å². The van der Waals surface area contributed by atoms with E-state index in [2.05, 4.69) is 18.7 Å². The molecular weight excluding hydrogens is 178 g/mol. The lowest BCUT2D eigenvalue weighted by atomic mass is 10.1. The van der Waals surface area contributed by atoms with E-state index in [-0.39, 0.29) is 11.8 Å². The monoisotopic (exact) mass is 199 g/mol. The summed E-state index contributed by atoms with van der Waals surface area (Å²) in [6, 6.07) is 0.788. The summed E-state index contributed by atoms with van der Waals surface area (Å²) in [6.45, 7) is 8.60. The van der Waals surface area contributed by atoms with Crippen molar-refractivity contribution in [2.45, 2.75) is 45.7 Å². The average Bonchev–Trinajstić information content (AvgIpc) is 2.28. The maximum atomic E-state index is 11.1. The van der Waals surface area contributed by atoms with Crippen molar-refractivity contribution < 1.29 is 9.53 Å². The maximum Gasteiger partial charge on any atom is 0.131 e. The maximum absolute atomic E-state index is 11.1. The van der Waals surface area contributed by atoms with E-state index in [4.69, 9.17) is 4.74 Å². The van der Waals surface area contributed by atoms with Gasteiger partial charge in [0.25, 0.3) is 0 Å². The number of hydrogen-bond donors (Lipinski definition) is 0. The summed E-state index contributed by atoms with van der Waals surface area (Å²) in [7, 11) is 0. The predicted molar refractivity (Wildman–Crippen MR) is 56.4 cm³/mol. The average molecular weight is 199 g/mol. The highest BCUT2D eigenvalue weighted by atomic mass is 16.5. The van der Waals surface area contributed by atoms with Crippen LogP contribution in [0, 0.1) is 0 Å². The molecule has 1 heterocycles. The van der Waals surface area contributed by atoms with Gasteiger partial charge in [0, 0.05) is 31.7 Å². The van der Waals surface area contributed by atoms with Crippen LogP contribution in [0.3, 0.4) is 0 Å². The Morgan fingerprint density at radius 1 is 1.57 bits per heavy atom. The van der Waals surface area contributed by atoms with Gasteiger partial charge in [0.1, 0.15) is 5.78 Å². The molecule has 0 spiro atoms. The Bertz CT molecular complexity index is 192. The first-order chi connectivity index (χ1) is 6.61. The first-order valence-electron chi connectivity index (χ1n) is 5.44. The van der Waals surface area contributed by atoms with E-state index in [1.54, 1.807) is 6.92 Å². The van der Waals surface area contributed by atoms with Crippen LogP contribution in [0.15, 0.2) is 0 Å². The second-order valence-electron chi connectivity index (χ2n) is 4.32. The molecule has 0 aliphatic carbocycles. The predicted octanol–water partition coefficient (Wildman–Crippen LogP) is 1.46. The summed E-state index contributed by atoms with van der Waals surface area (Å²) < 4.78 is 5.49. The van der Waals surface area contributed by atoms with E-state index >= 15 is 0 Å². The smallest absolute Gasteiger partial charge is 0.131 e. The molecule has 1 aliphatic rings. The van der Waals surface area contributed by atoms with Gasteiger partial charge < -0.3 is 4.74 Å². The molecule has 0 aromatic rings. The van der Waals surface area contributed by atoms with Crippen molar-refractivity contribution in [1.29, 1.82) is 0 Å². The van der Waals surface area contributed by atoms with Crippen molar-refractivity contribution in [2.24, 2.45) is 0 Å². The van der Waals surface area contributed by atoms with Crippen molar-refractivity contribution in [2.75, 3.05) is 19.8 Å². The number of Topliss-reactive ketones (excluding diaryl/α,β-unsaturated/α-hetero) is 1. The molecule has 1 aliphatic heterocycles. The first kappa shape index (κ1) is 11.7. The van der Waals surface area contributed by atoms with Crippen LogP contribution in [0.4, 0.5) is 0 Å². The molecule has 0 saturated carbocycles. The van der Waals surface area contributed by atoms with Gasteiger partial charge in [-0.25, -0.2) is 0 Å². The minimum atomic E-state index is 0.256. The fourth-order valence-corrected chi connectivity index (χ4v) is 2.03. The molecule has 3 heteroatoms. The normalized spacial score (nSPS) is 25.0. The van der Waals surface area contributed by atoms with Crippen molar-refractivity contribution in [1.82, 2.24) is 4.90 Å². The first-order valence-corrected chi connectivity index (χ1v) is 5.44. The molecule has 1 rings (SSSR count). The number of carbonyl (C=O) groups is 1. The molecule has 0 N–H and O–H groups in total. The summed E-state index contributed by atoms with van der Waals surface area (Å²) in [5.41, 5.74) is 0. The quantitative estimate of drug-likeness (QED) is 0.689. The van der Waals surface area contributed by atoms with Crippen LogP contribution in [0.1, 0.15) is 33.6 Å². The lowest BCUT2D eigenvalue weighted by Gasteiger charge is -2.32. The van der Waals surface area contributed by atoms with Crippen LogP contribution < -0.4 is 0 Å². The van der Waals surface area contributed by atoms with Crippen LogP contribution in [0.25, 0.3) is 0 Å². The van der Waals surface area contributed by atoms with Gasteiger partial charge in [-0.15, -0.1) is 0 Å². The van der Waals surface area contributed by atoms with Gasteiger partial charge in [-0.2, -0.15) is 0 Å². The SMILES string of the molecule is CC(=O)C[C@H]1COCCCN1C(C)C. The Hall–Kier alpha value is -0.410. The largest absolute Gasteiger partial charge is 0.380 e. The van der Waals surface area contributed by atoms with Crippen LogP contribution in [0.5, 0.6) is 0 Å². The van der Waals surface area contributed by atoms with Crippen molar-refractivity contribution in [3.8, 4) is 0 Å². The number of ketones is 1. The van der Waals surface area contributed by atoms with Crippen molar-refractivity contribution in [3.63, 3.8) is 0 Å². The molecule has 0 amide bonds. The minimum Gasteiger partial charge on any atom is -0.380 e. The number of rotatable bonds is 3. The van der Waals surface area contributed by atoms with Crippen molar-refractivity contribution >= 4 is 5.78 Å². The summed E-state index contributed by atoms with van der Waals surface area (Å²) in [5.74, 6) is 0.256. The van der Waals surface area contributed by atoms with Gasteiger partial charge in [-0.1, -0.05) is 0 Å². The van der Waals surface area contributed by atoms with E-state index in [9.17, 15) is 4.79 Å². The standard InChI is InChI=1S/C11H21NO2/c1-9(2)12-5-4-6-14-8-11(12)7-10(3)13/h9,11H,4-8H2,1-3H3/t11-/m0/s1. The van der Waals surface area contributed by atoms with E-state index in [1.807, 2.05) is 0 Å². The molecule has 3 nitrogen and oxygen atoms in total. The van der Waals surface area contributed by atoms with Crippen LogP contribution in [0.2, 0.25) is 0 Å². The molecule has 1 fully saturated rings. The zero-order valence-electron chi connectivity index (χ0n) is 9.45. The fourth-order valence-electron chi connectivity index (χ4n) is 2.03. The Balaban J connectivity index is 2.58. The summed E-state index contributed by atoms with van der Waals surface area (Å²) in [6.07, 6.45) is 1.70. The number of hydrogen-bond acceptors (Lipinski definition) is 3. The third-order valence-corrected chi connectivity index (χ3v) is 2.67. The molecule has 82 valence electrons. The van der Waals surface area contributed by atoms with Gasteiger partial charge in [0.15, 0.2) is 0 Å². The minimum absolute atomic E-state index is 0.256. The molecule has 0 radical (unpaired) electrons. The number of nitrogens with zero attached hydrogens (tertiary/aromatic N) is 1. The Morgan fingerprint density at radius 3 is 2.86 bits per heavy atom. The third-order valence-electron chi connectivity index (χ3n) is 2.67. The molecular formula is C11H21NO2. The van der Waals surface area contributed by atoms with E-state index in [0.29, 0.717) is 19.1 Å². The molecule has 0 unspecified atom stereocenters. The Labute approximate surface area is 86.4 Å². The molecule has 0 aromatic heterocycles. The molecule has 1 saturated heterocycles.